The Balaban J connectivity index is 1.61. The van der Waals surface area contributed by atoms with Crippen LogP contribution in [0.4, 0.5) is 11.5 Å². The summed E-state index contributed by atoms with van der Waals surface area (Å²) in [6.45, 7) is 12.8. The van der Waals surface area contributed by atoms with Crippen molar-refractivity contribution in [2.75, 3.05) is 50.1 Å². The van der Waals surface area contributed by atoms with Crippen LogP contribution < -0.4 is 21.1 Å². The predicted octanol–water partition coefficient (Wildman–Crippen LogP) is 4.72. The minimum absolute atomic E-state index is 0.243. The maximum Gasteiger partial charge on any atom is 0.279 e. The van der Waals surface area contributed by atoms with Crippen LogP contribution in [0.15, 0.2) is 71.8 Å². The number of carbonyl (C=O) groups is 2. The number of nitrogens with one attached hydrogen (secondary N) is 4. The normalized spacial score (nSPS) is 12.5. The number of aromatic nitrogens is 2. The van der Waals surface area contributed by atoms with Crippen molar-refractivity contribution in [2.45, 2.75) is 27.7 Å². The standard InChI is InChI=1S/C29H39N7O2S/c1-6-12-22(20-30-17-18-36(7-2)8-3)16-15-21(4)27(37)31-26-24-19-25(39-29(24)33-32-26)28(38)34-35(5)23-13-10-9-11-14-23/h6,9-16,19,30H,7-8,17-18,20H2,1-5H3,(H,34,38)(H2,31,32,33,37)/b12-6-,21-15+,22-16+. The lowest BCUT2D eigenvalue weighted by Gasteiger charge is -2.19. The Kier molecular flexibility index (Phi) is 11.5. The van der Waals surface area contributed by atoms with Crippen molar-refractivity contribution in [3.8, 4) is 0 Å². The van der Waals surface area contributed by atoms with Crippen molar-refractivity contribution in [1.82, 2.24) is 25.8 Å². The molecule has 0 aliphatic rings. The van der Waals surface area contributed by atoms with Gasteiger partial charge < -0.3 is 15.5 Å². The zero-order chi connectivity index (χ0) is 28.2. The van der Waals surface area contributed by atoms with Crippen molar-refractivity contribution in [1.29, 1.82) is 0 Å². The highest BCUT2D eigenvalue weighted by molar-refractivity contribution is 7.20. The van der Waals surface area contributed by atoms with E-state index in [-0.39, 0.29) is 11.8 Å². The molecule has 0 fully saturated rings. The van der Waals surface area contributed by atoms with Crippen molar-refractivity contribution < 1.29 is 9.59 Å². The molecule has 2 heterocycles. The van der Waals surface area contributed by atoms with Crippen LogP contribution in [0, 0.1) is 0 Å². The zero-order valence-corrected chi connectivity index (χ0v) is 24.2. The van der Waals surface area contributed by atoms with Gasteiger partial charge in [-0.05, 0) is 50.7 Å². The molecule has 0 atom stereocenters. The molecule has 39 heavy (non-hydrogen) atoms. The van der Waals surface area contributed by atoms with Crippen LogP contribution >= 0.6 is 11.3 Å². The number of carbonyl (C=O) groups excluding carboxylic acids is 2. The Morgan fingerprint density at radius 1 is 1.13 bits per heavy atom. The molecule has 0 saturated carbocycles. The summed E-state index contributed by atoms with van der Waals surface area (Å²) < 4.78 is 0. The Bertz CT molecular complexity index is 1320. The summed E-state index contributed by atoms with van der Waals surface area (Å²) in [7, 11) is 1.78. The molecule has 0 aliphatic heterocycles. The van der Waals surface area contributed by atoms with Gasteiger partial charge in [0.05, 0.1) is 16.0 Å². The Morgan fingerprint density at radius 2 is 1.87 bits per heavy atom. The lowest BCUT2D eigenvalue weighted by atomic mass is 10.1. The van der Waals surface area contributed by atoms with Crippen molar-refractivity contribution in [3.63, 3.8) is 0 Å². The minimum atomic E-state index is -0.245. The van der Waals surface area contributed by atoms with Gasteiger partial charge in [0.25, 0.3) is 11.8 Å². The highest BCUT2D eigenvalue weighted by Gasteiger charge is 2.18. The minimum Gasteiger partial charge on any atom is -0.311 e. The molecule has 208 valence electrons. The van der Waals surface area contributed by atoms with Crippen molar-refractivity contribution >= 4 is 44.9 Å². The van der Waals surface area contributed by atoms with Crippen molar-refractivity contribution in [3.05, 3.63) is 76.7 Å². The average molecular weight is 550 g/mol. The number of amides is 2. The molecule has 1 aromatic carbocycles. The molecule has 0 radical (unpaired) electrons. The Hall–Kier alpha value is -3.73. The maximum absolute atomic E-state index is 12.9. The number of fused-ring (bicyclic) bond motifs is 1. The predicted molar refractivity (Wildman–Crippen MR) is 162 cm³/mol. The van der Waals surface area contributed by atoms with Gasteiger partial charge >= 0.3 is 0 Å². The summed E-state index contributed by atoms with van der Waals surface area (Å²) in [5.41, 5.74) is 5.37. The first-order valence-corrected chi connectivity index (χ1v) is 14.0. The van der Waals surface area contributed by atoms with E-state index >= 15 is 0 Å². The molecule has 2 amide bonds. The number of hydrogen-bond acceptors (Lipinski definition) is 7. The van der Waals surface area contributed by atoms with E-state index in [0.717, 1.165) is 44.0 Å². The van der Waals surface area contributed by atoms with Crippen LogP contribution in [0.3, 0.4) is 0 Å². The first-order chi connectivity index (χ1) is 18.9. The van der Waals surface area contributed by atoms with E-state index in [1.165, 1.54) is 11.3 Å². The van der Waals surface area contributed by atoms with Gasteiger partial charge in [-0.3, -0.25) is 25.1 Å². The molecule has 3 aromatic rings. The van der Waals surface area contributed by atoms with E-state index in [0.29, 0.717) is 26.5 Å². The number of allylic oxidation sites excluding steroid dienone is 3. The monoisotopic (exact) mass is 549 g/mol. The average Bonchev–Trinajstić information content (AvgIpc) is 3.54. The zero-order valence-electron chi connectivity index (χ0n) is 23.4. The number of thiophene rings is 1. The van der Waals surface area contributed by atoms with Crippen LogP contribution in [-0.4, -0.2) is 66.7 Å². The van der Waals surface area contributed by atoms with E-state index < -0.39 is 0 Å². The maximum atomic E-state index is 12.9. The van der Waals surface area contributed by atoms with Gasteiger partial charge in [0.15, 0.2) is 0 Å². The fourth-order valence-corrected chi connectivity index (χ4v) is 4.74. The summed E-state index contributed by atoms with van der Waals surface area (Å²) in [5.74, 6) is -0.0256. The lowest BCUT2D eigenvalue weighted by molar-refractivity contribution is -0.112. The molecule has 10 heteroatoms. The van der Waals surface area contributed by atoms with Gasteiger partial charge in [-0.2, -0.15) is 5.10 Å². The second-order valence-corrected chi connectivity index (χ2v) is 10.0. The number of hydrogen-bond donors (Lipinski definition) is 4. The van der Waals surface area contributed by atoms with Gasteiger partial charge in [0, 0.05) is 32.3 Å². The summed E-state index contributed by atoms with van der Waals surface area (Å²) in [5, 5.41) is 15.9. The number of anilines is 2. The van der Waals surface area contributed by atoms with Crippen LogP contribution in [0.1, 0.15) is 37.4 Å². The second-order valence-electron chi connectivity index (χ2n) is 9.01. The summed E-state index contributed by atoms with van der Waals surface area (Å²) >= 11 is 1.26. The number of benzene rings is 1. The number of hydrazine groups is 1. The molecule has 0 spiro atoms. The van der Waals surface area contributed by atoms with Crippen LogP contribution in [0.25, 0.3) is 10.2 Å². The Labute approximate surface area is 234 Å². The first-order valence-electron chi connectivity index (χ1n) is 13.2. The number of aromatic amines is 1. The van der Waals surface area contributed by atoms with Crippen molar-refractivity contribution in [2.24, 2.45) is 0 Å². The highest BCUT2D eigenvalue weighted by atomic mass is 32.1. The lowest BCUT2D eigenvalue weighted by Crippen LogP contribution is -2.38. The third-order valence-corrected chi connectivity index (χ3v) is 7.27. The van der Waals surface area contributed by atoms with Gasteiger partial charge in [0.2, 0.25) is 0 Å². The number of para-hydroxylation sites is 1. The smallest absolute Gasteiger partial charge is 0.279 e. The molecule has 0 saturated heterocycles. The number of nitrogens with zero attached hydrogens (tertiary/aromatic N) is 3. The molecule has 2 aromatic heterocycles. The fourth-order valence-electron chi connectivity index (χ4n) is 3.86. The third-order valence-electron chi connectivity index (χ3n) is 6.24. The van der Waals surface area contributed by atoms with Crippen LogP contribution in [-0.2, 0) is 4.79 Å². The largest absolute Gasteiger partial charge is 0.311 e. The first kappa shape index (κ1) is 29.8. The summed E-state index contributed by atoms with van der Waals surface area (Å²) in [6, 6.07) is 11.3. The quantitative estimate of drug-likeness (QED) is 0.100. The van der Waals surface area contributed by atoms with E-state index in [1.807, 2.05) is 61.6 Å². The molecule has 0 aliphatic carbocycles. The summed E-state index contributed by atoms with van der Waals surface area (Å²) in [4.78, 5) is 29.2. The topological polar surface area (TPSA) is 105 Å². The van der Waals surface area contributed by atoms with Gasteiger partial charge in [-0.1, -0.05) is 56.4 Å². The molecule has 0 unspecified atom stereocenters. The Morgan fingerprint density at radius 3 is 2.56 bits per heavy atom. The molecular formula is C29H39N7O2S. The van der Waals surface area contributed by atoms with Crippen LogP contribution in [0.2, 0.25) is 0 Å². The third kappa shape index (κ3) is 8.64. The molecule has 0 bridgehead atoms. The van der Waals surface area contributed by atoms with Gasteiger partial charge in [0.1, 0.15) is 10.6 Å². The number of H-pyrrole nitrogens is 1. The van der Waals surface area contributed by atoms with E-state index in [4.69, 9.17) is 0 Å². The van der Waals surface area contributed by atoms with E-state index in [1.54, 1.807) is 25.0 Å². The molecule has 4 N–H and O–H groups in total. The highest BCUT2D eigenvalue weighted by Crippen LogP contribution is 2.29. The number of likely N-dealkylation sites (N-methyl/N-ethyl adjacent to an activating group) is 1. The molecule has 9 nitrogen and oxygen atoms in total. The van der Waals surface area contributed by atoms with Gasteiger partial charge in [-0.15, -0.1) is 11.3 Å². The van der Waals surface area contributed by atoms with Gasteiger partial charge in [-0.25, -0.2) is 0 Å². The second kappa shape index (κ2) is 15.0. The molecule has 3 rings (SSSR count). The van der Waals surface area contributed by atoms with E-state index in [2.05, 4.69) is 45.0 Å². The summed E-state index contributed by atoms with van der Waals surface area (Å²) in [6.07, 6.45) is 7.80. The number of rotatable bonds is 14. The fraction of sp³-hybridized carbons (Fsp3) is 0.345. The molecular weight excluding hydrogens is 510 g/mol. The van der Waals surface area contributed by atoms with Crippen LogP contribution in [0.5, 0.6) is 0 Å². The van der Waals surface area contributed by atoms with E-state index in [9.17, 15) is 9.59 Å². The SMILES string of the molecule is C\C=C/C(=C\C=C(/C)C(=O)Nc1[nH]nc2sc(C(=O)NN(C)c3ccccc3)cc12)CNCCN(CC)CC.